The number of fused-ring (bicyclic) bond motifs is 2. The first-order valence-electron chi connectivity index (χ1n) is 10.4. The van der Waals surface area contributed by atoms with Crippen LogP contribution in [0.15, 0.2) is 39.8 Å². The number of benzene rings is 1. The molecular formula is C21H25N3O5S. The van der Waals surface area contributed by atoms with Crippen LogP contribution < -0.4 is 4.74 Å². The van der Waals surface area contributed by atoms with Crippen LogP contribution in [0.1, 0.15) is 41.9 Å². The molecule has 2 fully saturated rings. The Morgan fingerprint density at radius 2 is 1.93 bits per heavy atom. The van der Waals surface area contributed by atoms with Crippen molar-refractivity contribution < 1.29 is 22.5 Å². The molecule has 8 nitrogen and oxygen atoms in total. The Kier molecular flexibility index (Phi) is 4.82. The molecule has 0 bridgehead atoms. The van der Waals surface area contributed by atoms with Crippen molar-refractivity contribution in [2.45, 2.75) is 49.6 Å². The standard InChI is InChI=1S/C21H25N3O5S/c1-14-12-16(22-29-14)21(25)23-10-8-17-18(9-11-23)28-19-4-2-3-5-20(19)30(26,27)24(17)13-15-6-7-15/h2-5,12,15,17-18H,6-11,13H2,1H3/t17-,18-/m0/s1. The molecule has 0 spiro atoms. The van der Waals surface area contributed by atoms with Gasteiger partial charge in [0.25, 0.3) is 5.91 Å². The highest BCUT2D eigenvalue weighted by atomic mass is 32.2. The van der Waals surface area contributed by atoms with E-state index in [0.717, 1.165) is 12.8 Å². The summed E-state index contributed by atoms with van der Waals surface area (Å²) >= 11 is 0. The molecule has 0 radical (unpaired) electrons. The average Bonchev–Trinajstić information content (AvgIpc) is 3.49. The molecule has 1 aliphatic carbocycles. The third-order valence-electron chi connectivity index (χ3n) is 6.16. The van der Waals surface area contributed by atoms with Gasteiger partial charge in [0, 0.05) is 32.1 Å². The summed E-state index contributed by atoms with van der Waals surface area (Å²) in [6.45, 7) is 3.18. The van der Waals surface area contributed by atoms with Crippen molar-refractivity contribution in [3.63, 3.8) is 0 Å². The fourth-order valence-corrected chi connectivity index (χ4v) is 6.26. The number of carbonyl (C=O) groups excluding carboxylic acids is 1. The van der Waals surface area contributed by atoms with Crippen molar-refractivity contribution in [2.75, 3.05) is 19.6 Å². The molecule has 9 heteroatoms. The highest BCUT2D eigenvalue weighted by molar-refractivity contribution is 7.89. The largest absolute Gasteiger partial charge is 0.487 e. The minimum Gasteiger partial charge on any atom is -0.487 e. The summed E-state index contributed by atoms with van der Waals surface area (Å²) in [4.78, 5) is 14.8. The van der Waals surface area contributed by atoms with Crippen LogP contribution in [0.4, 0.5) is 0 Å². The first kappa shape index (κ1) is 19.6. The number of para-hydroxylation sites is 1. The molecule has 1 aromatic carbocycles. The number of sulfonamides is 1. The summed E-state index contributed by atoms with van der Waals surface area (Å²) in [6, 6.07) is 8.19. The molecule has 1 saturated heterocycles. The second-order valence-corrected chi connectivity index (χ2v) is 10.2. The first-order valence-corrected chi connectivity index (χ1v) is 11.9. The highest BCUT2D eigenvalue weighted by Gasteiger charge is 2.45. The number of rotatable bonds is 3. The normalized spacial score (nSPS) is 26.1. The summed E-state index contributed by atoms with van der Waals surface area (Å²) in [5, 5.41) is 3.84. The van der Waals surface area contributed by atoms with Crippen molar-refractivity contribution in [1.29, 1.82) is 0 Å². The molecular weight excluding hydrogens is 406 g/mol. The molecule has 0 N–H and O–H groups in total. The lowest BCUT2D eigenvalue weighted by molar-refractivity contribution is 0.0744. The minimum absolute atomic E-state index is 0.194. The molecule has 1 aromatic heterocycles. The number of hydrogen-bond acceptors (Lipinski definition) is 6. The maximum atomic E-state index is 13.5. The summed E-state index contributed by atoms with van der Waals surface area (Å²) in [5.41, 5.74) is 0.281. The monoisotopic (exact) mass is 431 g/mol. The third-order valence-corrected chi connectivity index (χ3v) is 8.09. The maximum Gasteiger partial charge on any atom is 0.276 e. The number of aromatic nitrogens is 1. The van der Waals surface area contributed by atoms with Gasteiger partial charge in [0.15, 0.2) is 5.69 Å². The van der Waals surface area contributed by atoms with Gasteiger partial charge in [-0.25, -0.2) is 8.42 Å². The Morgan fingerprint density at radius 3 is 2.67 bits per heavy atom. The molecule has 2 atom stereocenters. The fraction of sp³-hybridized carbons (Fsp3) is 0.524. The van der Waals surface area contributed by atoms with Crippen molar-refractivity contribution in [1.82, 2.24) is 14.4 Å². The van der Waals surface area contributed by atoms with Crippen LogP contribution in [0, 0.1) is 12.8 Å². The van der Waals surface area contributed by atoms with Gasteiger partial charge in [-0.2, -0.15) is 4.31 Å². The lowest BCUT2D eigenvalue weighted by atomic mass is 10.1. The second-order valence-electron chi connectivity index (χ2n) is 8.38. The maximum absolute atomic E-state index is 13.5. The molecule has 30 heavy (non-hydrogen) atoms. The van der Waals surface area contributed by atoms with E-state index in [-0.39, 0.29) is 28.6 Å². The molecule has 1 amide bonds. The van der Waals surface area contributed by atoms with E-state index in [1.54, 1.807) is 46.5 Å². The van der Waals surface area contributed by atoms with E-state index in [4.69, 9.17) is 9.26 Å². The van der Waals surface area contributed by atoms with Crippen molar-refractivity contribution in [2.24, 2.45) is 5.92 Å². The zero-order valence-electron chi connectivity index (χ0n) is 16.9. The first-order chi connectivity index (χ1) is 14.4. The number of amides is 1. The van der Waals surface area contributed by atoms with Crippen LogP contribution >= 0.6 is 0 Å². The van der Waals surface area contributed by atoms with E-state index in [9.17, 15) is 13.2 Å². The van der Waals surface area contributed by atoms with E-state index in [1.807, 2.05) is 0 Å². The number of hydrogen-bond donors (Lipinski definition) is 0. The number of aryl methyl sites for hydroxylation is 1. The third kappa shape index (κ3) is 3.50. The molecule has 0 unspecified atom stereocenters. The average molecular weight is 432 g/mol. The number of likely N-dealkylation sites (tertiary alicyclic amines) is 1. The van der Waals surface area contributed by atoms with E-state index >= 15 is 0 Å². The van der Waals surface area contributed by atoms with Gasteiger partial charge in [0.1, 0.15) is 22.5 Å². The van der Waals surface area contributed by atoms with Crippen molar-refractivity contribution in [3.8, 4) is 5.75 Å². The van der Waals surface area contributed by atoms with Gasteiger partial charge in [-0.15, -0.1) is 0 Å². The Hall–Kier alpha value is -2.39. The molecule has 3 aliphatic rings. The van der Waals surface area contributed by atoms with Gasteiger partial charge >= 0.3 is 0 Å². The predicted octanol–water partition coefficient (Wildman–Crippen LogP) is 2.45. The number of nitrogens with zero attached hydrogens (tertiary/aromatic N) is 3. The fourth-order valence-electron chi connectivity index (χ4n) is 4.38. The molecule has 2 aliphatic heterocycles. The van der Waals surface area contributed by atoms with E-state index in [0.29, 0.717) is 49.9 Å². The van der Waals surface area contributed by atoms with Crippen LogP contribution in [-0.4, -0.2) is 60.5 Å². The SMILES string of the molecule is Cc1cc(C(=O)N2CC[C@@H]3Oc4ccccc4S(=O)(=O)N(CC4CC4)[C@H]3CC2)no1. The van der Waals surface area contributed by atoms with Crippen LogP contribution in [0.5, 0.6) is 5.75 Å². The van der Waals surface area contributed by atoms with Gasteiger partial charge < -0.3 is 14.2 Å². The summed E-state index contributed by atoms with van der Waals surface area (Å²) in [5.74, 6) is 1.20. The van der Waals surface area contributed by atoms with Gasteiger partial charge in [-0.05, 0) is 44.2 Å². The minimum atomic E-state index is -3.67. The Balaban J connectivity index is 1.46. The molecule has 3 heterocycles. The quantitative estimate of drug-likeness (QED) is 0.741. The Labute approximate surface area is 175 Å². The van der Waals surface area contributed by atoms with E-state index in [2.05, 4.69) is 5.16 Å². The summed E-state index contributed by atoms with van der Waals surface area (Å²) < 4.78 is 40.0. The van der Waals surface area contributed by atoms with Gasteiger partial charge in [0.2, 0.25) is 10.0 Å². The van der Waals surface area contributed by atoms with E-state index in [1.165, 1.54) is 0 Å². The summed E-state index contributed by atoms with van der Waals surface area (Å²) in [6.07, 6.45) is 2.88. The number of carbonyl (C=O) groups is 1. The predicted molar refractivity (Wildman–Crippen MR) is 108 cm³/mol. The van der Waals surface area contributed by atoms with Crippen molar-refractivity contribution >= 4 is 15.9 Å². The highest BCUT2D eigenvalue weighted by Crippen LogP contribution is 2.39. The molecule has 2 aromatic rings. The van der Waals surface area contributed by atoms with Gasteiger partial charge in [-0.1, -0.05) is 17.3 Å². The molecule has 5 rings (SSSR count). The Morgan fingerprint density at radius 1 is 1.17 bits per heavy atom. The lowest BCUT2D eigenvalue weighted by Crippen LogP contribution is -2.48. The Bertz CT molecular complexity index is 1060. The zero-order chi connectivity index (χ0) is 20.9. The van der Waals surface area contributed by atoms with E-state index < -0.39 is 10.0 Å². The van der Waals surface area contributed by atoms with Crippen LogP contribution in [0.25, 0.3) is 0 Å². The second kappa shape index (κ2) is 7.39. The van der Waals surface area contributed by atoms with Gasteiger partial charge in [0.05, 0.1) is 6.04 Å². The van der Waals surface area contributed by atoms with Crippen molar-refractivity contribution in [3.05, 3.63) is 41.8 Å². The van der Waals surface area contributed by atoms with Gasteiger partial charge in [-0.3, -0.25) is 4.79 Å². The molecule has 1 saturated carbocycles. The zero-order valence-corrected chi connectivity index (χ0v) is 17.7. The lowest BCUT2D eigenvalue weighted by Gasteiger charge is -2.31. The number of ether oxygens (including phenoxy) is 1. The molecule has 160 valence electrons. The van der Waals surface area contributed by atoms with Crippen LogP contribution in [-0.2, 0) is 10.0 Å². The topological polar surface area (TPSA) is 93.0 Å². The van der Waals surface area contributed by atoms with Crippen LogP contribution in [0.2, 0.25) is 0 Å². The van der Waals surface area contributed by atoms with Crippen LogP contribution in [0.3, 0.4) is 0 Å². The smallest absolute Gasteiger partial charge is 0.276 e. The summed E-state index contributed by atoms with van der Waals surface area (Å²) in [7, 11) is -3.67.